The predicted molar refractivity (Wildman–Crippen MR) is 68.5 cm³/mol. The highest BCUT2D eigenvalue weighted by molar-refractivity contribution is 5.99. The molecule has 0 aliphatic carbocycles. The molecular weight excluding hydrogens is 226 g/mol. The smallest absolute Gasteiger partial charge is 0.138 e. The lowest BCUT2D eigenvalue weighted by atomic mass is 10.3. The Kier molecular flexibility index (Phi) is 1.77. The minimum absolute atomic E-state index is 0.832. The van der Waals surface area contributed by atoms with Gasteiger partial charge in [-0.3, -0.25) is 5.10 Å². The van der Waals surface area contributed by atoms with Gasteiger partial charge in [0.1, 0.15) is 17.4 Å². The third-order valence-electron chi connectivity index (χ3n) is 2.94. The van der Waals surface area contributed by atoms with Crippen LogP contribution in [0.5, 0.6) is 0 Å². The lowest BCUT2D eigenvalue weighted by Gasteiger charge is -1.97. The minimum atomic E-state index is 0.832. The van der Waals surface area contributed by atoms with Crippen LogP contribution in [0.4, 0.5) is 0 Å². The second-order valence-electron chi connectivity index (χ2n) is 4.06. The van der Waals surface area contributed by atoms with Crippen molar-refractivity contribution in [3.63, 3.8) is 0 Å². The maximum absolute atomic E-state index is 4.54. The minimum Gasteiger partial charge on any atom is -0.276 e. The molecule has 0 bridgehead atoms. The van der Waals surface area contributed by atoms with Crippen LogP contribution in [-0.4, -0.2) is 25.0 Å². The molecule has 0 aliphatic heterocycles. The Morgan fingerprint density at radius 1 is 0.889 bits per heavy atom. The first kappa shape index (κ1) is 9.35. The van der Waals surface area contributed by atoms with E-state index in [0.717, 1.165) is 27.8 Å². The van der Waals surface area contributed by atoms with Crippen molar-refractivity contribution in [3.05, 3.63) is 48.8 Å². The van der Waals surface area contributed by atoms with Crippen LogP contribution in [0.15, 0.2) is 48.8 Å². The van der Waals surface area contributed by atoms with Gasteiger partial charge in [-0.05, 0) is 24.3 Å². The third kappa shape index (κ3) is 1.24. The standard InChI is InChI=1S/C13H9N5/c1-2-4-9(5-3-1)18-16-11-7-6-10-12(13(11)17-18)15-8-14-10/h1-8,16H. The number of aromatic nitrogens is 5. The van der Waals surface area contributed by atoms with Gasteiger partial charge in [0.05, 0.1) is 16.7 Å². The van der Waals surface area contributed by atoms with Crippen molar-refractivity contribution in [3.8, 4) is 5.69 Å². The van der Waals surface area contributed by atoms with Gasteiger partial charge in [-0.1, -0.05) is 18.2 Å². The molecule has 0 aliphatic rings. The van der Waals surface area contributed by atoms with Crippen LogP contribution in [0.1, 0.15) is 0 Å². The van der Waals surface area contributed by atoms with Crippen molar-refractivity contribution in [2.24, 2.45) is 0 Å². The van der Waals surface area contributed by atoms with Crippen molar-refractivity contribution in [1.82, 2.24) is 25.0 Å². The van der Waals surface area contributed by atoms with E-state index in [9.17, 15) is 0 Å². The fraction of sp³-hybridized carbons (Fsp3) is 0. The molecule has 4 rings (SSSR count). The Labute approximate surface area is 102 Å². The number of imidazole rings is 1. The summed E-state index contributed by atoms with van der Waals surface area (Å²) in [6.07, 6.45) is 1.56. The second-order valence-corrected chi connectivity index (χ2v) is 4.06. The zero-order valence-corrected chi connectivity index (χ0v) is 9.41. The second kappa shape index (κ2) is 3.40. The first-order valence-electron chi connectivity index (χ1n) is 5.66. The van der Waals surface area contributed by atoms with Crippen molar-refractivity contribution in [2.75, 3.05) is 0 Å². The van der Waals surface area contributed by atoms with E-state index >= 15 is 0 Å². The Morgan fingerprint density at radius 3 is 2.67 bits per heavy atom. The van der Waals surface area contributed by atoms with Crippen molar-refractivity contribution < 1.29 is 0 Å². The molecule has 0 spiro atoms. The molecule has 1 N–H and O–H groups in total. The summed E-state index contributed by atoms with van der Waals surface area (Å²) in [6.45, 7) is 0. The molecule has 0 saturated carbocycles. The molecule has 2 aromatic heterocycles. The number of para-hydroxylation sites is 1. The van der Waals surface area contributed by atoms with E-state index in [1.165, 1.54) is 0 Å². The Morgan fingerprint density at radius 2 is 1.78 bits per heavy atom. The van der Waals surface area contributed by atoms with Gasteiger partial charge in [-0.25, -0.2) is 9.97 Å². The molecule has 18 heavy (non-hydrogen) atoms. The average Bonchev–Trinajstić information content (AvgIpc) is 3.05. The summed E-state index contributed by atoms with van der Waals surface area (Å²) in [6, 6.07) is 13.8. The molecule has 0 fully saturated rings. The molecule has 2 heterocycles. The van der Waals surface area contributed by atoms with E-state index in [1.807, 2.05) is 42.5 Å². The number of H-pyrrole nitrogens is 1. The van der Waals surface area contributed by atoms with E-state index in [0.29, 0.717) is 0 Å². The van der Waals surface area contributed by atoms with Crippen LogP contribution >= 0.6 is 0 Å². The number of nitrogens with one attached hydrogen (secondary N) is 1. The summed E-state index contributed by atoms with van der Waals surface area (Å²) < 4.78 is 0. The zero-order chi connectivity index (χ0) is 11.9. The van der Waals surface area contributed by atoms with Gasteiger partial charge < -0.3 is 0 Å². The first-order valence-corrected chi connectivity index (χ1v) is 5.66. The van der Waals surface area contributed by atoms with Crippen molar-refractivity contribution >= 4 is 22.1 Å². The maximum atomic E-state index is 4.54. The monoisotopic (exact) mass is 235 g/mol. The van der Waals surface area contributed by atoms with Crippen molar-refractivity contribution in [2.45, 2.75) is 0 Å². The van der Waals surface area contributed by atoms with Gasteiger partial charge in [0.2, 0.25) is 0 Å². The van der Waals surface area contributed by atoms with E-state index in [-0.39, 0.29) is 0 Å². The number of aromatic amines is 1. The average molecular weight is 235 g/mol. The summed E-state index contributed by atoms with van der Waals surface area (Å²) in [7, 11) is 0. The van der Waals surface area contributed by atoms with E-state index in [2.05, 4.69) is 20.2 Å². The normalized spacial score (nSPS) is 11.3. The van der Waals surface area contributed by atoms with Crippen LogP contribution in [-0.2, 0) is 0 Å². The largest absolute Gasteiger partial charge is 0.276 e. The number of nitrogens with zero attached hydrogens (tertiary/aromatic N) is 4. The zero-order valence-electron chi connectivity index (χ0n) is 9.41. The van der Waals surface area contributed by atoms with Gasteiger partial charge in [0, 0.05) is 0 Å². The lowest BCUT2D eigenvalue weighted by molar-refractivity contribution is 0.766. The fourth-order valence-electron chi connectivity index (χ4n) is 2.07. The molecule has 0 atom stereocenters. The molecule has 2 aromatic carbocycles. The lowest BCUT2D eigenvalue weighted by Crippen LogP contribution is -1.97. The van der Waals surface area contributed by atoms with E-state index in [4.69, 9.17) is 0 Å². The number of rotatable bonds is 1. The topological polar surface area (TPSA) is 59.4 Å². The SMILES string of the molecule is c1ccc(-n2nc3c(ccc4ncnc43)[nH]2)cc1. The van der Waals surface area contributed by atoms with Crippen LogP contribution in [0.2, 0.25) is 0 Å². The molecule has 5 heteroatoms. The molecular formula is C13H9N5. The number of benzene rings is 2. The summed E-state index contributed by atoms with van der Waals surface area (Å²) in [5.41, 5.74) is 4.48. The summed E-state index contributed by atoms with van der Waals surface area (Å²) in [5.74, 6) is 0. The number of fused-ring (bicyclic) bond motifs is 3. The highest BCUT2D eigenvalue weighted by Crippen LogP contribution is 2.20. The molecule has 0 radical (unpaired) electrons. The highest BCUT2D eigenvalue weighted by atomic mass is 15.5. The van der Waals surface area contributed by atoms with Gasteiger partial charge in [-0.2, -0.15) is 4.80 Å². The van der Waals surface area contributed by atoms with E-state index < -0.39 is 0 Å². The summed E-state index contributed by atoms with van der Waals surface area (Å²) in [5, 5.41) is 7.77. The molecule has 0 unspecified atom stereocenters. The molecule has 5 nitrogen and oxygen atoms in total. The van der Waals surface area contributed by atoms with Gasteiger partial charge >= 0.3 is 0 Å². The molecule has 0 saturated heterocycles. The van der Waals surface area contributed by atoms with Gasteiger partial charge in [-0.15, -0.1) is 5.10 Å². The van der Waals surface area contributed by atoms with Crippen molar-refractivity contribution in [1.29, 1.82) is 0 Å². The number of hydrogen-bond donors (Lipinski definition) is 1. The van der Waals surface area contributed by atoms with Gasteiger partial charge in [0.15, 0.2) is 0 Å². The van der Waals surface area contributed by atoms with Crippen LogP contribution < -0.4 is 0 Å². The molecule has 4 aromatic rings. The number of hydrogen-bond acceptors (Lipinski definition) is 3. The van der Waals surface area contributed by atoms with Crippen LogP contribution in [0, 0.1) is 0 Å². The fourth-order valence-corrected chi connectivity index (χ4v) is 2.07. The quantitative estimate of drug-likeness (QED) is 0.550. The highest BCUT2D eigenvalue weighted by Gasteiger charge is 2.08. The van der Waals surface area contributed by atoms with Crippen LogP contribution in [0.3, 0.4) is 0 Å². The Hall–Kier alpha value is -2.69. The predicted octanol–water partition coefficient (Wildman–Crippen LogP) is 2.30. The molecule has 0 amide bonds. The summed E-state index contributed by atoms with van der Waals surface area (Å²) in [4.78, 5) is 10.2. The first-order chi connectivity index (χ1) is 8.92. The van der Waals surface area contributed by atoms with Gasteiger partial charge in [0.25, 0.3) is 0 Å². The van der Waals surface area contributed by atoms with E-state index in [1.54, 1.807) is 11.1 Å². The Bertz CT molecular complexity index is 828. The van der Waals surface area contributed by atoms with Crippen LogP contribution in [0.25, 0.3) is 27.8 Å². The molecule has 86 valence electrons. The third-order valence-corrected chi connectivity index (χ3v) is 2.94. The maximum Gasteiger partial charge on any atom is 0.138 e. The summed E-state index contributed by atoms with van der Waals surface area (Å²) >= 11 is 0. The Balaban J connectivity index is 2.04.